The van der Waals surface area contributed by atoms with Gasteiger partial charge in [0, 0.05) is 13.0 Å². The van der Waals surface area contributed by atoms with Gasteiger partial charge in [-0.05, 0) is 36.2 Å². The Labute approximate surface area is 201 Å². The van der Waals surface area contributed by atoms with Gasteiger partial charge in [-0.25, -0.2) is 14.7 Å². The number of ether oxygens (including phenoxy) is 2. The highest BCUT2D eigenvalue weighted by Gasteiger charge is 2.63. The van der Waals surface area contributed by atoms with Crippen LogP contribution in [0, 0.1) is 5.92 Å². The Kier molecular flexibility index (Phi) is 6.11. The number of benzene rings is 1. The van der Waals surface area contributed by atoms with Gasteiger partial charge in [0.25, 0.3) is 5.91 Å². The number of alkyl halides is 3. The summed E-state index contributed by atoms with van der Waals surface area (Å²) in [5.74, 6) is -2.39. The topological polar surface area (TPSA) is 89.0 Å². The predicted octanol–water partition coefficient (Wildman–Crippen LogP) is 4.23. The van der Waals surface area contributed by atoms with Crippen LogP contribution in [0.15, 0.2) is 36.4 Å². The minimum absolute atomic E-state index is 0.0306. The Morgan fingerprint density at radius 1 is 1.18 bits per heavy atom. The van der Waals surface area contributed by atoms with Crippen molar-refractivity contribution < 1.29 is 37.0 Å². The van der Waals surface area contributed by atoms with Gasteiger partial charge in [-0.2, -0.15) is 0 Å². The van der Waals surface area contributed by atoms with Crippen molar-refractivity contribution in [2.75, 3.05) is 18.6 Å². The van der Waals surface area contributed by atoms with Crippen molar-refractivity contribution in [2.24, 2.45) is 5.92 Å². The zero-order chi connectivity index (χ0) is 24.8. The number of hydrogen-bond acceptors (Lipinski definition) is 6. The standard InChI is InChI=1S/C21H16Cl2F3N3O5/c1-33-17(30)12-9-20(8-11-2-4-14(5-3-11)34-21(24,25)26)18(31)29(19(32)28(20)10-12)13-6-15(22)27-16(23)7-13/h2-7,12H,8-10H2,1H3/t12-,20+/m1/s1. The van der Waals surface area contributed by atoms with Crippen molar-refractivity contribution in [1.29, 1.82) is 0 Å². The highest BCUT2D eigenvalue weighted by Crippen LogP contribution is 2.45. The number of methoxy groups -OCH3 is 1. The monoisotopic (exact) mass is 517 g/mol. The van der Waals surface area contributed by atoms with Crippen LogP contribution < -0.4 is 9.64 Å². The lowest BCUT2D eigenvalue weighted by atomic mass is 9.85. The third-order valence-corrected chi connectivity index (χ3v) is 6.11. The SMILES string of the molecule is COC(=O)[C@H]1CN2C(=O)N(c3cc(Cl)nc(Cl)c3)C(=O)[C@]2(Cc2ccc(OC(F)(F)F)cc2)C1. The Morgan fingerprint density at radius 2 is 1.79 bits per heavy atom. The first kappa shape index (κ1) is 24.1. The van der Waals surface area contributed by atoms with Crippen LogP contribution in [0.5, 0.6) is 5.75 Å². The Bertz CT molecular complexity index is 1140. The number of pyridine rings is 1. The summed E-state index contributed by atoms with van der Waals surface area (Å²) in [6.45, 7) is -0.0738. The van der Waals surface area contributed by atoms with Crippen molar-refractivity contribution in [1.82, 2.24) is 9.88 Å². The summed E-state index contributed by atoms with van der Waals surface area (Å²) in [6, 6.07) is 6.86. The summed E-state index contributed by atoms with van der Waals surface area (Å²) in [5.41, 5.74) is -0.902. The molecule has 0 unspecified atom stereocenters. The molecule has 13 heteroatoms. The number of rotatable bonds is 5. The molecule has 2 saturated heterocycles. The predicted molar refractivity (Wildman–Crippen MR) is 114 cm³/mol. The number of esters is 1. The number of anilines is 1. The van der Waals surface area contributed by atoms with E-state index < -0.39 is 41.5 Å². The average molecular weight is 518 g/mol. The Hall–Kier alpha value is -3.05. The van der Waals surface area contributed by atoms with E-state index in [1.165, 1.54) is 36.3 Å². The lowest BCUT2D eigenvalue weighted by Crippen LogP contribution is -2.47. The second-order valence-corrected chi connectivity index (χ2v) is 8.60. The summed E-state index contributed by atoms with van der Waals surface area (Å²) in [4.78, 5) is 45.2. The maximum absolute atomic E-state index is 13.7. The van der Waals surface area contributed by atoms with Gasteiger partial charge >= 0.3 is 18.4 Å². The van der Waals surface area contributed by atoms with Gasteiger partial charge < -0.3 is 14.4 Å². The lowest BCUT2D eigenvalue weighted by Gasteiger charge is -2.28. The highest BCUT2D eigenvalue weighted by atomic mass is 35.5. The van der Waals surface area contributed by atoms with E-state index >= 15 is 0 Å². The zero-order valence-corrected chi connectivity index (χ0v) is 18.9. The molecule has 4 rings (SSSR count). The lowest BCUT2D eigenvalue weighted by molar-refractivity contribution is -0.274. The first-order chi connectivity index (χ1) is 15.9. The van der Waals surface area contributed by atoms with E-state index in [9.17, 15) is 27.6 Å². The van der Waals surface area contributed by atoms with E-state index in [2.05, 4.69) is 9.72 Å². The molecule has 0 saturated carbocycles. The molecular formula is C21H16Cl2F3N3O5. The molecule has 3 heterocycles. The van der Waals surface area contributed by atoms with Gasteiger partial charge in [0.1, 0.15) is 21.6 Å². The number of nitrogens with zero attached hydrogens (tertiary/aromatic N) is 3. The van der Waals surface area contributed by atoms with Crippen LogP contribution in [-0.2, 0) is 20.7 Å². The van der Waals surface area contributed by atoms with Gasteiger partial charge in [0.2, 0.25) is 0 Å². The largest absolute Gasteiger partial charge is 0.573 e. The molecular weight excluding hydrogens is 502 g/mol. The van der Waals surface area contributed by atoms with E-state index in [0.717, 1.165) is 17.0 Å². The first-order valence-electron chi connectivity index (χ1n) is 9.85. The molecule has 8 nitrogen and oxygen atoms in total. The smallest absolute Gasteiger partial charge is 0.469 e. The fourth-order valence-corrected chi connectivity index (χ4v) is 4.83. The van der Waals surface area contributed by atoms with Crippen molar-refractivity contribution >= 4 is 46.8 Å². The summed E-state index contributed by atoms with van der Waals surface area (Å²) in [5, 5.41) is -0.0613. The van der Waals surface area contributed by atoms with Crippen LogP contribution in [-0.4, -0.2) is 53.3 Å². The number of carbonyl (C=O) groups excluding carboxylic acids is 3. The normalized spacial score (nSPS) is 22.2. The van der Waals surface area contributed by atoms with Crippen LogP contribution in [0.3, 0.4) is 0 Å². The second-order valence-electron chi connectivity index (χ2n) is 7.83. The molecule has 2 aliphatic rings. The number of carbonyl (C=O) groups is 3. The molecule has 0 N–H and O–H groups in total. The van der Waals surface area contributed by atoms with Gasteiger partial charge in [-0.1, -0.05) is 35.3 Å². The number of imide groups is 1. The number of halogens is 5. The fourth-order valence-electron chi connectivity index (χ4n) is 4.38. The fraction of sp³-hybridized carbons (Fsp3) is 0.333. The third-order valence-electron chi connectivity index (χ3n) is 5.72. The van der Waals surface area contributed by atoms with Gasteiger partial charge in [-0.15, -0.1) is 13.2 Å². The maximum Gasteiger partial charge on any atom is 0.573 e. The third kappa shape index (κ3) is 4.37. The second kappa shape index (κ2) is 8.62. The van der Waals surface area contributed by atoms with Gasteiger partial charge in [0.05, 0.1) is 18.7 Å². The van der Waals surface area contributed by atoms with E-state index in [1.54, 1.807) is 0 Å². The zero-order valence-electron chi connectivity index (χ0n) is 17.4. The van der Waals surface area contributed by atoms with Crippen molar-refractivity contribution in [3.63, 3.8) is 0 Å². The number of aromatic nitrogens is 1. The Morgan fingerprint density at radius 3 is 2.35 bits per heavy atom. The van der Waals surface area contributed by atoms with Crippen LogP contribution in [0.2, 0.25) is 10.3 Å². The molecule has 0 aliphatic carbocycles. The van der Waals surface area contributed by atoms with E-state index in [-0.39, 0.29) is 35.4 Å². The van der Waals surface area contributed by atoms with Gasteiger partial charge in [-0.3, -0.25) is 9.59 Å². The van der Waals surface area contributed by atoms with E-state index in [4.69, 9.17) is 27.9 Å². The van der Waals surface area contributed by atoms with Crippen molar-refractivity contribution in [2.45, 2.75) is 24.7 Å². The van der Waals surface area contributed by atoms with E-state index in [0.29, 0.717) is 5.56 Å². The van der Waals surface area contributed by atoms with Crippen molar-refractivity contribution in [3.8, 4) is 5.75 Å². The van der Waals surface area contributed by atoms with Crippen molar-refractivity contribution in [3.05, 3.63) is 52.3 Å². The minimum atomic E-state index is -4.85. The molecule has 0 radical (unpaired) electrons. The molecule has 3 amide bonds. The number of fused-ring (bicyclic) bond motifs is 1. The van der Waals surface area contributed by atoms with Gasteiger partial charge in [0.15, 0.2) is 0 Å². The summed E-state index contributed by atoms with van der Waals surface area (Å²) in [7, 11) is 1.20. The molecule has 2 fully saturated rings. The summed E-state index contributed by atoms with van der Waals surface area (Å²) in [6.07, 6.45) is -4.94. The van der Waals surface area contributed by atoms with Crippen LogP contribution >= 0.6 is 23.2 Å². The minimum Gasteiger partial charge on any atom is -0.469 e. The molecule has 2 atom stereocenters. The highest BCUT2D eigenvalue weighted by molar-refractivity contribution is 6.33. The van der Waals surface area contributed by atoms with Crippen LogP contribution in [0.25, 0.3) is 0 Å². The molecule has 180 valence electrons. The molecule has 1 aromatic heterocycles. The molecule has 34 heavy (non-hydrogen) atoms. The quantitative estimate of drug-likeness (QED) is 0.335. The number of hydrogen-bond donors (Lipinski definition) is 0. The molecule has 1 aromatic carbocycles. The molecule has 0 spiro atoms. The molecule has 0 bridgehead atoms. The van der Waals surface area contributed by atoms with Crippen LogP contribution in [0.1, 0.15) is 12.0 Å². The number of urea groups is 1. The average Bonchev–Trinajstić information content (AvgIpc) is 3.21. The molecule has 2 aliphatic heterocycles. The molecule has 2 aromatic rings. The first-order valence-corrected chi connectivity index (χ1v) is 10.6. The Balaban J connectivity index is 1.70. The maximum atomic E-state index is 13.7. The summed E-state index contributed by atoms with van der Waals surface area (Å²) >= 11 is 11.9. The van der Waals surface area contributed by atoms with E-state index in [1.807, 2.05) is 0 Å². The van der Waals surface area contributed by atoms with Crippen LogP contribution in [0.4, 0.5) is 23.7 Å². The number of amides is 3. The summed E-state index contributed by atoms with van der Waals surface area (Å²) < 4.78 is 46.1.